The molecule has 5 atom stereocenters. The molecule has 3 aliphatic rings. The number of carbonyl (C=O) groups is 4. The summed E-state index contributed by atoms with van der Waals surface area (Å²) in [5.74, 6) is -2.20. The predicted molar refractivity (Wildman–Crippen MR) is 175 cm³/mol. The Labute approximate surface area is 276 Å². The van der Waals surface area contributed by atoms with E-state index in [1.807, 2.05) is 60.7 Å². The molecular weight excluding hydrogens is 614 g/mol. The fourth-order valence-electron chi connectivity index (χ4n) is 6.97. The normalized spacial score (nSPS) is 26.2. The maximum absolute atomic E-state index is 14.4. The van der Waals surface area contributed by atoms with E-state index in [-0.39, 0.29) is 31.0 Å². The van der Waals surface area contributed by atoms with Crippen molar-refractivity contribution >= 4 is 45.4 Å². The van der Waals surface area contributed by atoms with Gasteiger partial charge in [0.25, 0.3) is 5.91 Å². The van der Waals surface area contributed by atoms with Gasteiger partial charge in [0.05, 0.1) is 12.1 Å². The number of aliphatic carboxylic acids is 1. The number of para-hydroxylation sites is 1. The Bertz CT molecular complexity index is 1940. The molecule has 0 radical (unpaired) electrons. The van der Waals surface area contributed by atoms with E-state index < -0.39 is 47.4 Å². The lowest BCUT2D eigenvalue weighted by Crippen LogP contribution is -2.56. The molecule has 0 unspecified atom stereocenters. The lowest BCUT2D eigenvalue weighted by Gasteiger charge is -2.29. The summed E-state index contributed by atoms with van der Waals surface area (Å²) in [4.78, 5) is 60.2. The monoisotopic (exact) mass is 651 g/mol. The average Bonchev–Trinajstić information content (AvgIpc) is 3.36. The standard InChI is InChI=1S/C36H37N5O7/c1-21-17-29(40-48-21)31(42)37-28-16-6-4-2-3-5-11-22-19-36(22,35(45)46)39-32(43)30-18-23(20-41(30)34(28)44)47-33-26-14-8-7-12-24(26)25-13-9-10-15-27(25)38-33/h5,7-15,17,22-23,28,30H,2-4,6,16,18-20H2,1H3,(H,37,42)(H,39,43)(H,45,46)/t22-,23-,28+,30+,36-/m1/s1. The number of carbonyl (C=O) groups excluding carboxylic acids is 3. The number of rotatable bonds is 5. The van der Waals surface area contributed by atoms with Crippen LogP contribution in [0.15, 0.2) is 71.3 Å². The summed E-state index contributed by atoms with van der Waals surface area (Å²) in [6.45, 7) is 1.71. The van der Waals surface area contributed by atoms with E-state index in [9.17, 15) is 24.3 Å². The van der Waals surface area contributed by atoms with Crippen molar-refractivity contribution in [1.29, 1.82) is 0 Å². The Kier molecular flexibility index (Phi) is 8.32. The van der Waals surface area contributed by atoms with Crippen LogP contribution in [-0.4, -0.2) is 74.1 Å². The van der Waals surface area contributed by atoms with Crippen molar-refractivity contribution in [3.8, 4) is 5.88 Å². The second-order valence-corrected chi connectivity index (χ2v) is 13.0. The maximum Gasteiger partial charge on any atom is 0.330 e. The van der Waals surface area contributed by atoms with Crippen molar-refractivity contribution in [3.05, 3.63) is 78.2 Å². The highest BCUT2D eigenvalue weighted by molar-refractivity contribution is 6.07. The lowest BCUT2D eigenvalue weighted by molar-refractivity contribution is -0.145. The molecular formula is C36H37N5O7. The molecule has 2 aromatic heterocycles. The lowest BCUT2D eigenvalue weighted by atomic mass is 10.0. The largest absolute Gasteiger partial charge is 0.479 e. The molecule has 3 amide bonds. The first-order valence-electron chi connectivity index (χ1n) is 16.4. The summed E-state index contributed by atoms with van der Waals surface area (Å²) in [7, 11) is 0. The molecule has 7 rings (SSSR count). The van der Waals surface area contributed by atoms with Crippen LogP contribution in [0.2, 0.25) is 0 Å². The van der Waals surface area contributed by atoms with Gasteiger partial charge >= 0.3 is 5.97 Å². The number of benzene rings is 2. The number of aromatic nitrogens is 2. The average molecular weight is 652 g/mol. The molecule has 2 aliphatic heterocycles. The zero-order chi connectivity index (χ0) is 33.4. The molecule has 48 heavy (non-hydrogen) atoms. The van der Waals surface area contributed by atoms with Crippen LogP contribution in [0.25, 0.3) is 21.7 Å². The van der Waals surface area contributed by atoms with Gasteiger partial charge < -0.3 is 29.9 Å². The molecule has 0 spiro atoms. The molecule has 1 aliphatic carbocycles. The van der Waals surface area contributed by atoms with Gasteiger partial charge in [-0.15, -0.1) is 0 Å². The number of hydrogen-bond donors (Lipinski definition) is 3. The number of nitrogens with zero attached hydrogens (tertiary/aromatic N) is 3. The molecule has 12 heteroatoms. The molecule has 4 heterocycles. The van der Waals surface area contributed by atoms with Gasteiger partial charge in [0.15, 0.2) is 5.69 Å². The van der Waals surface area contributed by atoms with Crippen LogP contribution in [0.1, 0.15) is 61.2 Å². The Balaban J connectivity index is 1.21. The summed E-state index contributed by atoms with van der Waals surface area (Å²) in [6.07, 6.45) is 6.97. The van der Waals surface area contributed by atoms with Crippen LogP contribution in [-0.2, 0) is 14.4 Å². The van der Waals surface area contributed by atoms with Crippen LogP contribution in [0.4, 0.5) is 0 Å². The Morgan fingerprint density at radius 2 is 1.83 bits per heavy atom. The van der Waals surface area contributed by atoms with Gasteiger partial charge in [-0.2, -0.15) is 0 Å². The Hall–Kier alpha value is -5.26. The molecule has 0 bridgehead atoms. The molecule has 4 aromatic rings. The van der Waals surface area contributed by atoms with Gasteiger partial charge in [0.1, 0.15) is 29.5 Å². The highest BCUT2D eigenvalue weighted by Crippen LogP contribution is 2.45. The van der Waals surface area contributed by atoms with Crippen molar-refractivity contribution in [3.63, 3.8) is 0 Å². The summed E-state index contributed by atoms with van der Waals surface area (Å²) in [6, 6.07) is 15.0. The number of allylic oxidation sites excluding steroid dienone is 1. The second kappa shape index (κ2) is 12.7. The quantitative estimate of drug-likeness (QED) is 0.211. The highest BCUT2D eigenvalue weighted by Gasteiger charge is 2.61. The first-order chi connectivity index (χ1) is 23.2. The molecule has 2 aromatic carbocycles. The summed E-state index contributed by atoms with van der Waals surface area (Å²) in [5, 5.41) is 22.3. The fraction of sp³-hybridized carbons (Fsp3) is 0.389. The van der Waals surface area contributed by atoms with Gasteiger partial charge in [-0.25, -0.2) is 9.78 Å². The Morgan fingerprint density at radius 3 is 2.60 bits per heavy atom. The number of pyridine rings is 1. The maximum atomic E-state index is 14.4. The zero-order valence-electron chi connectivity index (χ0n) is 26.6. The zero-order valence-corrected chi connectivity index (χ0v) is 26.6. The number of aryl methyl sites for hydroxylation is 1. The summed E-state index contributed by atoms with van der Waals surface area (Å²) in [5.41, 5.74) is -0.638. The molecule has 1 saturated carbocycles. The number of fused-ring (bicyclic) bond motifs is 5. The van der Waals surface area contributed by atoms with Crippen LogP contribution in [0.5, 0.6) is 5.88 Å². The van der Waals surface area contributed by atoms with Gasteiger partial charge in [-0.3, -0.25) is 14.4 Å². The van der Waals surface area contributed by atoms with E-state index in [1.165, 1.54) is 11.0 Å². The van der Waals surface area contributed by atoms with Crippen LogP contribution >= 0.6 is 0 Å². The van der Waals surface area contributed by atoms with Crippen molar-refractivity contribution in [2.45, 2.75) is 75.6 Å². The minimum absolute atomic E-state index is 0.0403. The number of hydrogen-bond acceptors (Lipinski definition) is 8. The molecule has 2 fully saturated rings. The summed E-state index contributed by atoms with van der Waals surface area (Å²) >= 11 is 0. The minimum Gasteiger partial charge on any atom is -0.479 e. The van der Waals surface area contributed by atoms with E-state index in [0.717, 1.165) is 40.9 Å². The third kappa shape index (κ3) is 5.98. The smallest absolute Gasteiger partial charge is 0.330 e. The van der Waals surface area contributed by atoms with Gasteiger partial charge in [-0.1, -0.05) is 66.5 Å². The van der Waals surface area contributed by atoms with Gasteiger partial charge in [-0.05, 0) is 50.1 Å². The van der Waals surface area contributed by atoms with Gasteiger partial charge in [0.2, 0.25) is 17.7 Å². The van der Waals surface area contributed by atoms with E-state index >= 15 is 0 Å². The topological polar surface area (TPSA) is 164 Å². The van der Waals surface area contributed by atoms with Crippen molar-refractivity contribution in [2.24, 2.45) is 5.92 Å². The SMILES string of the molecule is Cc1cc(C(=O)N[C@H]2CCCCCC=C[C@@H]3C[C@@]3(C(=O)O)NC(=O)[C@@H]3C[C@@H](Oc4nc5ccccc5c5ccccc45)CN3C2=O)no1. The van der Waals surface area contributed by atoms with Crippen molar-refractivity contribution < 1.29 is 33.5 Å². The molecule has 248 valence electrons. The number of carboxylic acid groups (broad SMARTS) is 1. The molecule has 12 nitrogen and oxygen atoms in total. The predicted octanol–water partition coefficient (Wildman–Crippen LogP) is 4.31. The van der Waals surface area contributed by atoms with E-state index in [1.54, 1.807) is 6.92 Å². The van der Waals surface area contributed by atoms with Gasteiger partial charge in [0, 0.05) is 29.2 Å². The number of nitrogens with one attached hydrogen (secondary N) is 2. The second-order valence-electron chi connectivity index (χ2n) is 13.0. The van der Waals surface area contributed by atoms with Crippen LogP contribution in [0.3, 0.4) is 0 Å². The fourth-order valence-corrected chi connectivity index (χ4v) is 6.97. The first-order valence-corrected chi connectivity index (χ1v) is 16.4. The number of ether oxygens (including phenoxy) is 1. The van der Waals surface area contributed by atoms with Crippen LogP contribution < -0.4 is 15.4 Å². The minimum atomic E-state index is -1.43. The first kappa shape index (κ1) is 31.3. The number of carboxylic acids is 1. The highest BCUT2D eigenvalue weighted by atomic mass is 16.5. The number of amides is 3. The van der Waals surface area contributed by atoms with Crippen molar-refractivity contribution in [1.82, 2.24) is 25.7 Å². The van der Waals surface area contributed by atoms with E-state index in [4.69, 9.17) is 14.2 Å². The molecule has 3 N–H and O–H groups in total. The van der Waals surface area contributed by atoms with E-state index in [2.05, 4.69) is 15.8 Å². The third-order valence-electron chi connectivity index (χ3n) is 9.64. The van der Waals surface area contributed by atoms with Crippen LogP contribution in [0, 0.1) is 12.8 Å². The third-order valence-corrected chi connectivity index (χ3v) is 9.64. The Morgan fingerprint density at radius 1 is 1.06 bits per heavy atom. The van der Waals surface area contributed by atoms with Crippen molar-refractivity contribution in [2.75, 3.05) is 6.54 Å². The van der Waals surface area contributed by atoms with E-state index in [0.29, 0.717) is 24.5 Å². The molecule has 1 saturated heterocycles. The summed E-state index contributed by atoms with van der Waals surface area (Å²) < 4.78 is 11.6.